The molecule has 3 heterocycles. The fourth-order valence-corrected chi connectivity index (χ4v) is 2.17. The number of hydrogen-bond acceptors (Lipinski definition) is 5. The summed E-state index contributed by atoms with van der Waals surface area (Å²) in [5, 5.41) is 9.55. The molecule has 0 aliphatic carbocycles. The second kappa shape index (κ2) is 7.91. The smallest absolute Gasteiger partial charge is 0.286 e. The molecule has 8 heteroatoms. The maximum Gasteiger partial charge on any atom is 0.286 e. The highest BCUT2D eigenvalue weighted by Gasteiger charge is 2.08. The van der Waals surface area contributed by atoms with Crippen molar-refractivity contribution in [1.82, 2.24) is 20.1 Å². The van der Waals surface area contributed by atoms with Gasteiger partial charge in [0.2, 0.25) is 5.91 Å². The third kappa shape index (κ3) is 4.54. The van der Waals surface area contributed by atoms with Crippen molar-refractivity contribution >= 4 is 17.5 Å². The number of nitrogens with one attached hydrogen (secondary N) is 2. The third-order valence-electron chi connectivity index (χ3n) is 3.38. The Morgan fingerprint density at radius 3 is 2.80 bits per heavy atom. The minimum absolute atomic E-state index is 0.138. The van der Waals surface area contributed by atoms with E-state index in [-0.39, 0.29) is 17.6 Å². The number of anilines is 1. The van der Waals surface area contributed by atoms with Gasteiger partial charge in [-0.05, 0) is 36.8 Å². The van der Waals surface area contributed by atoms with Crippen molar-refractivity contribution in [3.8, 4) is 5.82 Å². The minimum Gasteiger partial charge on any atom is -0.459 e. The Bertz CT molecular complexity index is 811. The van der Waals surface area contributed by atoms with Crippen molar-refractivity contribution in [2.75, 3.05) is 11.9 Å². The monoisotopic (exact) mass is 339 g/mol. The van der Waals surface area contributed by atoms with Crippen LogP contribution in [0.15, 0.2) is 59.6 Å². The number of carbonyl (C=O) groups excluding carboxylic acids is 2. The highest BCUT2D eigenvalue weighted by Crippen LogP contribution is 2.09. The summed E-state index contributed by atoms with van der Waals surface area (Å²) in [5.41, 5.74) is 0.612. The molecule has 25 heavy (non-hydrogen) atoms. The van der Waals surface area contributed by atoms with Gasteiger partial charge in [-0.3, -0.25) is 9.59 Å². The summed E-state index contributed by atoms with van der Waals surface area (Å²) in [7, 11) is 0. The number of pyridine rings is 1. The predicted octanol–water partition coefficient (Wildman–Crippen LogP) is 2.01. The van der Waals surface area contributed by atoms with E-state index in [2.05, 4.69) is 20.7 Å². The fraction of sp³-hybridized carbons (Fsp3) is 0.176. The predicted molar refractivity (Wildman–Crippen MR) is 90.3 cm³/mol. The van der Waals surface area contributed by atoms with E-state index in [9.17, 15) is 9.59 Å². The number of nitrogens with zero attached hydrogens (tertiary/aromatic N) is 3. The van der Waals surface area contributed by atoms with E-state index < -0.39 is 0 Å². The van der Waals surface area contributed by atoms with Crippen LogP contribution < -0.4 is 10.6 Å². The van der Waals surface area contributed by atoms with Gasteiger partial charge in [0.25, 0.3) is 5.91 Å². The Morgan fingerprint density at radius 1 is 1.20 bits per heavy atom. The van der Waals surface area contributed by atoms with Gasteiger partial charge in [0.15, 0.2) is 11.6 Å². The van der Waals surface area contributed by atoms with Gasteiger partial charge in [0.1, 0.15) is 0 Å². The molecule has 2 N–H and O–H groups in total. The number of carbonyl (C=O) groups is 2. The quantitative estimate of drug-likeness (QED) is 0.641. The largest absolute Gasteiger partial charge is 0.459 e. The number of rotatable bonds is 7. The lowest BCUT2D eigenvalue weighted by atomic mass is 10.2. The molecule has 0 atom stereocenters. The Balaban J connectivity index is 1.40. The van der Waals surface area contributed by atoms with Crippen LogP contribution in [0, 0.1) is 0 Å². The Labute approximate surface area is 143 Å². The fourth-order valence-electron chi connectivity index (χ4n) is 2.17. The normalized spacial score (nSPS) is 10.4. The number of aromatic nitrogens is 3. The van der Waals surface area contributed by atoms with E-state index in [1.165, 1.54) is 6.26 Å². The van der Waals surface area contributed by atoms with Crippen LogP contribution in [-0.2, 0) is 4.79 Å². The molecule has 0 aliphatic rings. The number of amides is 2. The highest BCUT2D eigenvalue weighted by atomic mass is 16.3. The van der Waals surface area contributed by atoms with Crippen molar-refractivity contribution in [1.29, 1.82) is 0 Å². The van der Waals surface area contributed by atoms with Crippen LogP contribution in [0.2, 0.25) is 0 Å². The summed E-state index contributed by atoms with van der Waals surface area (Å²) in [5.74, 6) is 0.501. The number of furan rings is 1. The van der Waals surface area contributed by atoms with E-state index in [1.807, 2.05) is 6.07 Å². The van der Waals surface area contributed by atoms with Gasteiger partial charge in [-0.2, -0.15) is 5.10 Å². The van der Waals surface area contributed by atoms with Crippen LogP contribution >= 0.6 is 0 Å². The first-order valence-electron chi connectivity index (χ1n) is 7.80. The van der Waals surface area contributed by atoms with E-state index in [4.69, 9.17) is 4.42 Å². The summed E-state index contributed by atoms with van der Waals surface area (Å²) in [6, 6.07) is 8.57. The molecule has 0 fully saturated rings. The molecular weight excluding hydrogens is 322 g/mol. The summed E-state index contributed by atoms with van der Waals surface area (Å²) >= 11 is 0. The SMILES string of the molecule is O=C(CCCNC(=O)c1ccco1)Nc1ccc(-n2cccn2)nc1. The molecule has 0 bridgehead atoms. The lowest BCUT2D eigenvalue weighted by Crippen LogP contribution is -2.25. The molecular formula is C17H17N5O3. The molecule has 0 unspecified atom stereocenters. The first-order chi connectivity index (χ1) is 12.2. The molecule has 0 saturated heterocycles. The van der Waals surface area contributed by atoms with Crippen LogP contribution in [0.1, 0.15) is 23.4 Å². The average molecular weight is 339 g/mol. The maximum absolute atomic E-state index is 11.9. The van der Waals surface area contributed by atoms with Crippen LogP contribution in [0.25, 0.3) is 5.82 Å². The molecule has 0 saturated carbocycles. The van der Waals surface area contributed by atoms with Crippen molar-refractivity contribution in [3.05, 3.63) is 60.9 Å². The second-order valence-corrected chi connectivity index (χ2v) is 5.24. The molecule has 8 nitrogen and oxygen atoms in total. The maximum atomic E-state index is 11.9. The van der Waals surface area contributed by atoms with Crippen LogP contribution in [0.5, 0.6) is 0 Å². The lowest BCUT2D eigenvalue weighted by Gasteiger charge is -2.06. The second-order valence-electron chi connectivity index (χ2n) is 5.24. The number of hydrogen-bond donors (Lipinski definition) is 2. The van der Waals surface area contributed by atoms with E-state index in [0.717, 1.165) is 0 Å². The molecule has 3 aromatic heterocycles. The molecule has 0 spiro atoms. The molecule has 2 amide bonds. The van der Waals surface area contributed by atoms with Gasteiger partial charge in [-0.1, -0.05) is 0 Å². The zero-order valence-corrected chi connectivity index (χ0v) is 13.4. The zero-order valence-electron chi connectivity index (χ0n) is 13.4. The first-order valence-corrected chi connectivity index (χ1v) is 7.80. The van der Waals surface area contributed by atoms with Crippen LogP contribution in [0.3, 0.4) is 0 Å². The van der Waals surface area contributed by atoms with Crippen molar-refractivity contribution in [3.63, 3.8) is 0 Å². The Morgan fingerprint density at radius 2 is 2.12 bits per heavy atom. The van der Waals surface area contributed by atoms with Gasteiger partial charge in [0.05, 0.1) is 18.1 Å². The standard InChI is InChI=1S/C17H17N5O3/c23-16(5-1-8-18-17(24)14-4-2-11-25-14)21-13-6-7-15(19-12-13)22-10-3-9-20-22/h2-4,6-7,9-12H,1,5,8H2,(H,18,24)(H,21,23). The van der Waals surface area contributed by atoms with E-state index in [0.29, 0.717) is 30.9 Å². The van der Waals surface area contributed by atoms with Gasteiger partial charge in [-0.25, -0.2) is 9.67 Å². The Kier molecular flexibility index (Phi) is 5.20. The molecule has 0 aromatic carbocycles. The average Bonchev–Trinajstić information content (AvgIpc) is 3.32. The topological polar surface area (TPSA) is 102 Å². The Hall–Kier alpha value is -3.42. The minimum atomic E-state index is -0.288. The lowest BCUT2D eigenvalue weighted by molar-refractivity contribution is -0.116. The van der Waals surface area contributed by atoms with E-state index >= 15 is 0 Å². The van der Waals surface area contributed by atoms with E-state index in [1.54, 1.807) is 47.5 Å². The summed E-state index contributed by atoms with van der Waals surface area (Å²) in [4.78, 5) is 27.8. The van der Waals surface area contributed by atoms with Crippen molar-refractivity contribution < 1.29 is 14.0 Å². The zero-order chi connectivity index (χ0) is 17.5. The molecule has 0 radical (unpaired) electrons. The third-order valence-corrected chi connectivity index (χ3v) is 3.38. The molecule has 128 valence electrons. The van der Waals surface area contributed by atoms with Crippen LogP contribution in [-0.4, -0.2) is 33.1 Å². The first kappa shape index (κ1) is 16.4. The molecule has 0 aliphatic heterocycles. The summed E-state index contributed by atoms with van der Waals surface area (Å²) in [6.45, 7) is 0.392. The van der Waals surface area contributed by atoms with Crippen LogP contribution in [0.4, 0.5) is 5.69 Å². The van der Waals surface area contributed by atoms with Gasteiger partial charge in [-0.15, -0.1) is 0 Å². The summed E-state index contributed by atoms with van der Waals surface area (Å²) in [6.07, 6.45) is 7.29. The molecule has 3 aromatic rings. The van der Waals surface area contributed by atoms with Gasteiger partial charge in [0, 0.05) is 25.4 Å². The summed E-state index contributed by atoms with van der Waals surface area (Å²) < 4.78 is 6.62. The van der Waals surface area contributed by atoms with Crippen molar-refractivity contribution in [2.45, 2.75) is 12.8 Å². The molecule has 3 rings (SSSR count). The highest BCUT2D eigenvalue weighted by molar-refractivity contribution is 5.92. The van der Waals surface area contributed by atoms with Gasteiger partial charge >= 0.3 is 0 Å². The van der Waals surface area contributed by atoms with Gasteiger partial charge < -0.3 is 15.1 Å². The van der Waals surface area contributed by atoms with Crippen molar-refractivity contribution in [2.24, 2.45) is 0 Å².